The van der Waals surface area contributed by atoms with Crippen LogP contribution in [0.5, 0.6) is 0 Å². The monoisotopic (exact) mass is 262 g/mol. The number of carbonyl (C=O) groups is 1. The summed E-state index contributed by atoms with van der Waals surface area (Å²) < 4.78 is 2.00. The third-order valence-electron chi connectivity index (χ3n) is 2.90. The van der Waals surface area contributed by atoms with Crippen LogP contribution in [-0.2, 0) is 13.6 Å². The molecule has 0 spiro atoms. The SMILES string of the molecule is CN(Cc1cccn1C)C(=O)c1ccccc1Cl. The summed E-state index contributed by atoms with van der Waals surface area (Å²) in [5.74, 6) is -0.0678. The molecule has 0 aliphatic rings. The van der Waals surface area contributed by atoms with Crippen LogP contribution in [0.1, 0.15) is 16.1 Å². The lowest BCUT2D eigenvalue weighted by Gasteiger charge is -2.18. The minimum atomic E-state index is -0.0678. The molecular formula is C14H15ClN2O. The number of hydrogen-bond donors (Lipinski definition) is 0. The van der Waals surface area contributed by atoms with E-state index in [2.05, 4.69) is 0 Å². The van der Waals surface area contributed by atoms with Gasteiger partial charge in [0, 0.05) is 26.0 Å². The van der Waals surface area contributed by atoms with Crippen molar-refractivity contribution in [2.24, 2.45) is 7.05 Å². The first-order valence-electron chi connectivity index (χ1n) is 5.70. The first kappa shape index (κ1) is 12.7. The van der Waals surface area contributed by atoms with E-state index >= 15 is 0 Å². The zero-order valence-electron chi connectivity index (χ0n) is 10.4. The fraction of sp³-hybridized carbons (Fsp3) is 0.214. The summed E-state index contributed by atoms with van der Waals surface area (Å²) in [6, 6.07) is 11.1. The minimum absolute atomic E-state index is 0.0678. The van der Waals surface area contributed by atoms with Crippen molar-refractivity contribution in [1.29, 1.82) is 0 Å². The van der Waals surface area contributed by atoms with Crippen molar-refractivity contribution in [3.8, 4) is 0 Å². The Morgan fingerprint density at radius 1 is 1.28 bits per heavy atom. The summed E-state index contributed by atoms with van der Waals surface area (Å²) in [7, 11) is 3.74. The first-order valence-corrected chi connectivity index (χ1v) is 6.07. The zero-order chi connectivity index (χ0) is 13.1. The molecule has 0 aliphatic carbocycles. The Labute approximate surface area is 112 Å². The number of benzene rings is 1. The zero-order valence-corrected chi connectivity index (χ0v) is 11.2. The Morgan fingerprint density at radius 3 is 2.61 bits per heavy atom. The fourth-order valence-corrected chi connectivity index (χ4v) is 2.03. The highest BCUT2D eigenvalue weighted by Crippen LogP contribution is 2.17. The Balaban J connectivity index is 2.15. The van der Waals surface area contributed by atoms with E-state index in [4.69, 9.17) is 11.6 Å². The Hall–Kier alpha value is -1.74. The number of rotatable bonds is 3. The molecule has 0 atom stereocenters. The van der Waals surface area contributed by atoms with Gasteiger partial charge in [-0.2, -0.15) is 0 Å². The van der Waals surface area contributed by atoms with Gasteiger partial charge >= 0.3 is 0 Å². The van der Waals surface area contributed by atoms with E-state index in [9.17, 15) is 4.79 Å². The quantitative estimate of drug-likeness (QED) is 0.835. The third kappa shape index (κ3) is 2.57. The van der Waals surface area contributed by atoms with Crippen molar-refractivity contribution < 1.29 is 4.79 Å². The second kappa shape index (κ2) is 5.27. The van der Waals surface area contributed by atoms with Crippen LogP contribution in [0.3, 0.4) is 0 Å². The number of halogens is 1. The molecule has 0 unspecified atom stereocenters. The molecule has 0 radical (unpaired) electrons. The molecule has 0 fully saturated rings. The van der Waals surface area contributed by atoms with Crippen molar-refractivity contribution in [1.82, 2.24) is 9.47 Å². The van der Waals surface area contributed by atoms with Crippen molar-refractivity contribution in [2.45, 2.75) is 6.54 Å². The van der Waals surface area contributed by atoms with Gasteiger partial charge in [0.05, 0.1) is 17.1 Å². The summed E-state index contributed by atoms with van der Waals surface area (Å²) in [4.78, 5) is 13.9. The number of amides is 1. The maximum atomic E-state index is 12.2. The molecule has 94 valence electrons. The van der Waals surface area contributed by atoms with Gasteiger partial charge in [-0.3, -0.25) is 4.79 Å². The van der Waals surface area contributed by atoms with Crippen LogP contribution in [0.4, 0.5) is 0 Å². The molecule has 0 aliphatic heterocycles. The van der Waals surface area contributed by atoms with E-state index in [1.54, 1.807) is 24.1 Å². The smallest absolute Gasteiger partial charge is 0.255 e. The second-order valence-electron chi connectivity index (χ2n) is 4.25. The molecule has 3 nitrogen and oxygen atoms in total. The maximum Gasteiger partial charge on any atom is 0.255 e. The predicted octanol–water partition coefficient (Wildman–Crippen LogP) is 2.95. The first-order chi connectivity index (χ1) is 8.59. The van der Waals surface area contributed by atoms with E-state index in [-0.39, 0.29) is 5.91 Å². The van der Waals surface area contributed by atoms with Crippen molar-refractivity contribution in [3.63, 3.8) is 0 Å². The molecule has 0 saturated heterocycles. The van der Waals surface area contributed by atoms with Crippen molar-refractivity contribution in [3.05, 3.63) is 58.9 Å². The summed E-state index contributed by atoms with van der Waals surface area (Å²) >= 11 is 6.02. The largest absolute Gasteiger partial charge is 0.353 e. The molecule has 1 aromatic carbocycles. The van der Waals surface area contributed by atoms with Gasteiger partial charge < -0.3 is 9.47 Å². The molecule has 4 heteroatoms. The summed E-state index contributed by atoms with van der Waals surface area (Å²) in [6.07, 6.45) is 1.96. The lowest BCUT2D eigenvalue weighted by Crippen LogP contribution is -2.27. The Bertz CT molecular complexity index is 562. The standard InChI is InChI=1S/C14H15ClN2O/c1-16-9-5-6-11(16)10-17(2)14(18)12-7-3-4-8-13(12)15/h3-9H,10H2,1-2H3. The van der Waals surface area contributed by atoms with E-state index in [0.717, 1.165) is 5.69 Å². The average molecular weight is 263 g/mol. The lowest BCUT2D eigenvalue weighted by molar-refractivity contribution is 0.0782. The van der Waals surface area contributed by atoms with E-state index < -0.39 is 0 Å². The highest BCUT2D eigenvalue weighted by Gasteiger charge is 2.15. The molecule has 1 heterocycles. The second-order valence-corrected chi connectivity index (χ2v) is 4.66. The van der Waals surface area contributed by atoms with E-state index in [0.29, 0.717) is 17.1 Å². The van der Waals surface area contributed by atoms with Gasteiger partial charge in [-0.15, -0.1) is 0 Å². The van der Waals surface area contributed by atoms with Crippen LogP contribution in [0.15, 0.2) is 42.6 Å². The summed E-state index contributed by atoms with van der Waals surface area (Å²) in [5.41, 5.74) is 1.62. The molecule has 1 aromatic heterocycles. The number of aryl methyl sites for hydroxylation is 1. The molecule has 0 saturated carbocycles. The highest BCUT2D eigenvalue weighted by molar-refractivity contribution is 6.33. The van der Waals surface area contributed by atoms with Crippen molar-refractivity contribution in [2.75, 3.05) is 7.05 Å². The van der Waals surface area contributed by atoms with E-state index in [1.165, 1.54) is 0 Å². The fourth-order valence-electron chi connectivity index (χ4n) is 1.82. The Kier molecular flexibility index (Phi) is 3.72. The number of aromatic nitrogens is 1. The average Bonchev–Trinajstić information content (AvgIpc) is 2.75. The van der Waals surface area contributed by atoms with Gasteiger partial charge in [0.1, 0.15) is 0 Å². The number of nitrogens with zero attached hydrogens (tertiary/aromatic N) is 2. The predicted molar refractivity (Wildman–Crippen MR) is 72.7 cm³/mol. The minimum Gasteiger partial charge on any atom is -0.353 e. The Morgan fingerprint density at radius 2 is 2.00 bits per heavy atom. The van der Waals surface area contributed by atoms with Crippen LogP contribution in [-0.4, -0.2) is 22.4 Å². The topological polar surface area (TPSA) is 25.2 Å². The van der Waals surface area contributed by atoms with Gasteiger partial charge in [-0.1, -0.05) is 23.7 Å². The highest BCUT2D eigenvalue weighted by atomic mass is 35.5. The summed E-state index contributed by atoms with van der Waals surface area (Å²) in [6.45, 7) is 0.563. The molecule has 0 N–H and O–H groups in total. The number of hydrogen-bond acceptors (Lipinski definition) is 1. The summed E-state index contributed by atoms with van der Waals surface area (Å²) in [5, 5.41) is 0.487. The van der Waals surface area contributed by atoms with E-state index in [1.807, 2.05) is 42.1 Å². The molecule has 1 amide bonds. The molecule has 2 aromatic rings. The van der Waals surface area contributed by atoms with Gasteiger partial charge in [0.2, 0.25) is 0 Å². The van der Waals surface area contributed by atoms with Gasteiger partial charge in [-0.05, 0) is 24.3 Å². The van der Waals surface area contributed by atoms with Crippen LogP contribution in [0.2, 0.25) is 5.02 Å². The maximum absolute atomic E-state index is 12.2. The van der Waals surface area contributed by atoms with Gasteiger partial charge in [-0.25, -0.2) is 0 Å². The number of carbonyl (C=O) groups excluding carboxylic acids is 1. The molecule has 0 bridgehead atoms. The normalized spacial score (nSPS) is 10.4. The van der Waals surface area contributed by atoms with Crippen LogP contribution < -0.4 is 0 Å². The third-order valence-corrected chi connectivity index (χ3v) is 3.23. The van der Waals surface area contributed by atoms with Crippen LogP contribution in [0, 0.1) is 0 Å². The molecule has 18 heavy (non-hydrogen) atoms. The van der Waals surface area contributed by atoms with Gasteiger partial charge in [0.15, 0.2) is 0 Å². The molecule has 2 rings (SSSR count). The lowest BCUT2D eigenvalue weighted by atomic mass is 10.2. The molecular weight excluding hydrogens is 248 g/mol. The van der Waals surface area contributed by atoms with Gasteiger partial charge in [0.25, 0.3) is 5.91 Å². The van der Waals surface area contributed by atoms with Crippen LogP contribution in [0.25, 0.3) is 0 Å². The van der Waals surface area contributed by atoms with Crippen LogP contribution >= 0.6 is 11.6 Å². The van der Waals surface area contributed by atoms with Crippen molar-refractivity contribution >= 4 is 17.5 Å².